The third kappa shape index (κ3) is 3.33. The molecule has 0 aromatic carbocycles. The minimum Gasteiger partial charge on any atom is -0.477 e. The first-order chi connectivity index (χ1) is 10.1. The second kappa shape index (κ2) is 5.53. The highest BCUT2D eigenvalue weighted by Crippen LogP contribution is 2.34. The molecule has 0 aliphatic heterocycles. The highest BCUT2D eigenvalue weighted by atomic mass is 32.1. The van der Waals surface area contributed by atoms with Gasteiger partial charge in [-0.25, -0.2) is 19.6 Å². The quantitative estimate of drug-likeness (QED) is 0.878. The van der Waals surface area contributed by atoms with Crippen molar-refractivity contribution in [3.8, 4) is 0 Å². The van der Waals surface area contributed by atoms with Gasteiger partial charge in [0.15, 0.2) is 0 Å². The Labute approximate surface area is 131 Å². The van der Waals surface area contributed by atoms with Crippen LogP contribution in [0.3, 0.4) is 0 Å². The van der Waals surface area contributed by atoms with Gasteiger partial charge in [-0.1, -0.05) is 0 Å². The van der Waals surface area contributed by atoms with Crippen LogP contribution in [0.15, 0.2) is 0 Å². The van der Waals surface area contributed by atoms with Crippen LogP contribution in [0.4, 0.5) is 10.6 Å². The van der Waals surface area contributed by atoms with Gasteiger partial charge in [-0.2, -0.15) is 0 Å². The molecule has 2 rings (SSSR count). The second-order valence-electron chi connectivity index (χ2n) is 5.79. The van der Waals surface area contributed by atoms with E-state index in [0.717, 1.165) is 11.3 Å². The summed E-state index contributed by atoms with van der Waals surface area (Å²) in [7, 11) is 0. The molecule has 0 spiro atoms. The highest BCUT2D eigenvalue weighted by Gasteiger charge is 2.22. The van der Waals surface area contributed by atoms with E-state index in [0.29, 0.717) is 21.6 Å². The van der Waals surface area contributed by atoms with Crippen molar-refractivity contribution in [2.75, 3.05) is 5.32 Å². The summed E-state index contributed by atoms with van der Waals surface area (Å²) >= 11 is 1.06. The van der Waals surface area contributed by atoms with Crippen LogP contribution in [0.1, 0.15) is 41.8 Å². The molecule has 2 aromatic heterocycles. The van der Waals surface area contributed by atoms with E-state index in [1.807, 2.05) is 0 Å². The van der Waals surface area contributed by atoms with E-state index < -0.39 is 17.7 Å². The molecule has 0 saturated carbocycles. The molecule has 0 unspecified atom stereocenters. The molecule has 2 aromatic rings. The maximum Gasteiger partial charge on any atom is 0.413 e. The normalized spacial score (nSPS) is 11.5. The lowest BCUT2D eigenvalue weighted by molar-refractivity contribution is 0.0634. The molecule has 0 radical (unpaired) electrons. The molecule has 8 heteroatoms. The number of anilines is 1. The molecule has 0 atom stereocenters. The molecule has 2 heterocycles. The number of hydrogen-bond donors (Lipinski definition) is 2. The van der Waals surface area contributed by atoms with Gasteiger partial charge in [0.1, 0.15) is 27.0 Å². The van der Waals surface area contributed by atoms with Gasteiger partial charge in [-0.15, -0.1) is 11.3 Å². The number of nitrogens with one attached hydrogen (secondary N) is 1. The summed E-state index contributed by atoms with van der Waals surface area (Å²) in [6, 6.07) is 0. The SMILES string of the molecule is Cc1nc(NC(=O)OC(C)(C)C)c2c(C)c(C(=O)O)sc2n1. The molecular formula is C14H17N3O4S. The predicted molar refractivity (Wildman–Crippen MR) is 83.7 cm³/mol. The monoisotopic (exact) mass is 323 g/mol. The number of aromatic carboxylic acids is 1. The molecule has 0 fully saturated rings. The second-order valence-corrected chi connectivity index (χ2v) is 6.79. The van der Waals surface area contributed by atoms with E-state index in [1.54, 1.807) is 34.6 Å². The molecule has 1 amide bonds. The zero-order chi connectivity index (χ0) is 16.7. The van der Waals surface area contributed by atoms with Crippen molar-refractivity contribution in [3.63, 3.8) is 0 Å². The Morgan fingerprint density at radius 1 is 1.23 bits per heavy atom. The third-order valence-corrected chi connectivity index (χ3v) is 3.89. The molecule has 0 aliphatic carbocycles. The Hall–Kier alpha value is -2.22. The number of carbonyl (C=O) groups is 2. The predicted octanol–water partition coefficient (Wildman–Crippen LogP) is 3.35. The Morgan fingerprint density at radius 3 is 2.41 bits per heavy atom. The Bertz CT molecular complexity index is 762. The Balaban J connectivity index is 2.49. The minimum absolute atomic E-state index is 0.183. The van der Waals surface area contributed by atoms with E-state index in [4.69, 9.17) is 4.74 Å². The average Bonchev–Trinajstić information content (AvgIpc) is 2.63. The number of rotatable bonds is 2. The van der Waals surface area contributed by atoms with E-state index in [-0.39, 0.29) is 10.7 Å². The average molecular weight is 323 g/mol. The van der Waals surface area contributed by atoms with Crippen LogP contribution in [-0.2, 0) is 4.74 Å². The van der Waals surface area contributed by atoms with Gasteiger partial charge < -0.3 is 9.84 Å². The topological polar surface area (TPSA) is 101 Å². The first kappa shape index (κ1) is 16.2. The van der Waals surface area contributed by atoms with Gasteiger partial charge >= 0.3 is 12.1 Å². The van der Waals surface area contributed by atoms with Crippen LogP contribution >= 0.6 is 11.3 Å². The molecule has 22 heavy (non-hydrogen) atoms. The zero-order valence-electron chi connectivity index (χ0n) is 13.0. The highest BCUT2D eigenvalue weighted by molar-refractivity contribution is 7.20. The van der Waals surface area contributed by atoms with Crippen LogP contribution < -0.4 is 5.32 Å². The standard InChI is InChI=1S/C14H17N3O4S/c1-6-8-10(17-13(20)21-14(3,4)5)15-7(2)16-11(8)22-9(6)12(18)19/h1-5H3,(H,18,19)(H,15,16,17,20). The molecule has 2 N–H and O–H groups in total. The van der Waals surface area contributed by atoms with Crippen molar-refractivity contribution in [1.82, 2.24) is 9.97 Å². The van der Waals surface area contributed by atoms with Crippen LogP contribution in [0.2, 0.25) is 0 Å². The zero-order valence-corrected chi connectivity index (χ0v) is 13.8. The lowest BCUT2D eigenvalue weighted by Crippen LogP contribution is -2.27. The number of carbonyl (C=O) groups excluding carboxylic acids is 1. The number of amides is 1. The summed E-state index contributed by atoms with van der Waals surface area (Å²) in [5.41, 5.74) is -0.111. The van der Waals surface area contributed by atoms with Crippen molar-refractivity contribution in [3.05, 3.63) is 16.3 Å². The van der Waals surface area contributed by atoms with Crippen LogP contribution in [0.5, 0.6) is 0 Å². The van der Waals surface area contributed by atoms with Crippen LogP contribution in [0.25, 0.3) is 10.2 Å². The fourth-order valence-electron chi connectivity index (χ4n) is 1.94. The van der Waals surface area contributed by atoms with E-state index in [9.17, 15) is 14.7 Å². The van der Waals surface area contributed by atoms with Crippen molar-refractivity contribution in [2.45, 2.75) is 40.2 Å². The summed E-state index contributed by atoms with van der Waals surface area (Å²) in [5.74, 6) is -0.323. The third-order valence-electron chi connectivity index (χ3n) is 2.72. The molecule has 118 valence electrons. The summed E-state index contributed by atoms with van der Waals surface area (Å²) in [6.45, 7) is 8.61. The number of thiophene rings is 1. The lowest BCUT2D eigenvalue weighted by atomic mass is 10.2. The first-order valence-corrected chi connectivity index (χ1v) is 7.41. The fourth-order valence-corrected chi connectivity index (χ4v) is 3.01. The molecular weight excluding hydrogens is 306 g/mol. The number of hydrogen-bond acceptors (Lipinski definition) is 6. The van der Waals surface area contributed by atoms with Crippen LogP contribution in [0, 0.1) is 13.8 Å². The number of carboxylic acid groups (broad SMARTS) is 1. The van der Waals surface area contributed by atoms with Gasteiger partial charge in [-0.05, 0) is 40.2 Å². The Morgan fingerprint density at radius 2 is 1.86 bits per heavy atom. The van der Waals surface area contributed by atoms with Crippen molar-refractivity contribution in [1.29, 1.82) is 0 Å². The first-order valence-electron chi connectivity index (χ1n) is 6.59. The van der Waals surface area contributed by atoms with Crippen molar-refractivity contribution in [2.24, 2.45) is 0 Å². The van der Waals surface area contributed by atoms with Crippen molar-refractivity contribution < 1.29 is 19.4 Å². The van der Waals surface area contributed by atoms with Gasteiger partial charge in [-0.3, -0.25) is 5.32 Å². The number of aryl methyl sites for hydroxylation is 2. The van der Waals surface area contributed by atoms with Gasteiger partial charge in [0, 0.05) is 0 Å². The van der Waals surface area contributed by atoms with E-state index >= 15 is 0 Å². The maximum atomic E-state index is 11.9. The summed E-state index contributed by atoms with van der Waals surface area (Å²) in [5, 5.41) is 12.3. The number of aromatic nitrogens is 2. The minimum atomic E-state index is -1.03. The number of fused-ring (bicyclic) bond motifs is 1. The summed E-state index contributed by atoms with van der Waals surface area (Å²) in [4.78, 5) is 32.3. The Kier molecular flexibility index (Phi) is 4.06. The summed E-state index contributed by atoms with van der Waals surface area (Å²) < 4.78 is 5.20. The number of nitrogens with zero attached hydrogens (tertiary/aromatic N) is 2. The van der Waals surface area contributed by atoms with Gasteiger partial charge in [0.05, 0.1) is 5.39 Å². The summed E-state index contributed by atoms with van der Waals surface area (Å²) in [6.07, 6.45) is -0.644. The van der Waals surface area contributed by atoms with E-state index in [1.165, 1.54) is 0 Å². The maximum absolute atomic E-state index is 11.9. The fraction of sp³-hybridized carbons (Fsp3) is 0.429. The van der Waals surface area contributed by atoms with Crippen LogP contribution in [-0.4, -0.2) is 32.7 Å². The molecule has 0 saturated heterocycles. The van der Waals surface area contributed by atoms with Crippen molar-refractivity contribution >= 4 is 39.4 Å². The number of ether oxygens (including phenoxy) is 1. The lowest BCUT2D eigenvalue weighted by Gasteiger charge is -2.19. The van der Waals surface area contributed by atoms with Gasteiger partial charge in [0.25, 0.3) is 0 Å². The number of carboxylic acids is 1. The van der Waals surface area contributed by atoms with Gasteiger partial charge in [0.2, 0.25) is 0 Å². The molecule has 0 bridgehead atoms. The molecule has 7 nitrogen and oxygen atoms in total. The smallest absolute Gasteiger partial charge is 0.413 e. The largest absolute Gasteiger partial charge is 0.477 e. The molecule has 0 aliphatic rings. The van der Waals surface area contributed by atoms with E-state index in [2.05, 4.69) is 15.3 Å².